The fraction of sp³-hybridized carbons (Fsp3) is 0.917. The van der Waals surface area contributed by atoms with Crippen molar-refractivity contribution in [2.75, 3.05) is 39.4 Å². The molecule has 1 aliphatic rings. The average molecular weight is 244 g/mol. The van der Waals surface area contributed by atoms with Crippen molar-refractivity contribution in [1.29, 1.82) is 0 Å². The second-order valence-corrected chi connectivity index (χ2v) is 4.77. The SMILES string of the molecule is CCCC(C)(NCCN1CCOCC1)C(=O)O. The number of rotatable bonds is 7. The van der Waals surface area contributed by atoms with Crippen LogP contribution in [-0.2, 0) is 9.53 Å². The minimum atomic E-state index is -0.791. The van der Waals surface area contributed by atoms with Crippen LogP contribution >= 0.6 is 0 Å². The number of carboxylic acids is 1. The summed E-state index contributed by atoms with van der Waals surface area (Å²) in [6.07, 6.45) is 1.53. The van der Waals surface area contributed by atoms with Crippen LogP contribution in [0.15, 0.2) is 0 Å². The minimum Gasteiger partial charge on any atom is -0.480 e. The van der Waals surface area contributed by atoms with Crippen LogP contribution in [0.3, 0.4) is 0 Å². The molecule has 0 bridgehead atoms. The monoisotopic (exact) mass is 244 g/mol. The van der Waals surface area contributed by atoms with Gasteiger partial charge in [-0.15, -0.1) is 0 Å². The van der Waals surface area contributed by atoms with Crippen molar-refractivity contribution in [3.63, 3.8) is 0 Å². The number of carbonyl (C=O) groups is 1. The molecule has 0 spiro atoms. The summed E-state index contributed by atoms with van der Waals surface area (Å²) in [5.41, 5.74) is -0.791. The first-order chi connectivity index (χ1) is 8.08. The largest absolute Gasteiger partial charge is 0.480 e. The molecule has 2 N–H and O–H groups in total. The second kappa shape index (κ2) is 6.93. The first-order valence-corrected chi connectivity index (χ1v) is 6.37. The Balaban J connectivity index is 2.28. The van der Waals surface area contributed by atoms with Crippen LogP contribution in [0.1, 0.15) is 26.7 Å². The highest BCUT2D eigenvalue weighted by Gasteiger charge is 2.31. The van der Waals surface area contributed by atoms with Crippen molar-refractivity contribution in [1.82, 2.24) is 10.2 Å². The van der Waals surface area contributed by atoms with Crippen molar-refractivity contribution >= 4 is 5.97 Å². The molecule has 1 aliphatic heterocycles. The van der Waals surface area contributed by atoms with E-state index in [1.807, 2.05) is 6.92 Å². The number of morpholine rings is 1. The number of hydrogen-bond donors (Lipinski definition) is 2. The van der Waals surface area contributed by atoms with Crippen molar-refractivity contribution in [2.24, 2.45) is 0 Å². The number of hydrogen-bond acceptors (Lipinski definition) is 4. The first kappa shape index (κ1) is 14.4. The lowest BCUT2D eigenvalue weighted by Crippen LogP contribution is -2.52. The zero-order valence-electron chi connectivity index (χ0n) is 10.9. The summed E-state index contributed by atoms with van der Waals surface area (Å²) in [6, 6.07) is 0. The molecule has 0 aromatic rings. The summed E-state index contributed by atoms with van der Waals surface area (Å²) in [5.74, 6) is -0.763. The lowest BCUT2D eigenvalue weighted by Gasteiger charge is -2.30. The molecule has 100 valence electrons. The van der Waals surface area contributed by atoms with Gasteiger partial charge in [-0.25, -0.2) is 0 Å². The molecule has 0 amide bonds. The lowest BCUT2D eigenvalue weighted by atomic mass is 9.96. The van der Waals surface area contributed by atoms with E-state index in [4.69, 9.17) is 4.74 Å². The Morgan fingerprint density at radius 3 is 2.65 bits per heavy atom. The van der Waals surface area contributed by atoms with E-state index in [1.165, 1.54) is 0 Å². The van der Waals surface area contributed by atoms with E-state index >= 15 is 0 Å². The number of aliphatic carboxylic acids is 1. The van der Waals surface area contributed by atoms with Crippen LogP contribution < -0.4 is 5.32 Å². The summed E-state index contributed by atoms with van der Waals surface area (Å²) >= 11 is 0. The van der Waals surface area contributed by atoms with Crippen LogP contribution in [0.5, 0.6) is 0 Å². The van der Waals surface area contributed by atoms with Gasteiger partial charge in [-0.2, -0.15) is 0 Å². The summed E-state index contributed by atoms with van der Waals surface area (Å²) in [5, 5.41) is 12.4. The zero-order valence-corrected chi connectivity index (χ0v) is 10.9. The molecule has 17 heavy (non-hydrogen) atoms. The normalized spacial score (nSPS) is 21.1. The Hall–Kier alpha value is -0.650. The molecule has 1 saturated heterocycles. The van der Waals surface area contributed by atoms with Gasteiger partial charge < -0.3 is 15.2 Å². The van der Waals surface area contributed by atoms with Crippen molar-refractivity contribution < 1.29 is 14.6 Å². The van der Waals surface area contributed by atoms with Crippen molar-refractivity contribution in [2.45, 2.75) is 32.2 Å². The molecule has 0 radical (unpaired) electrons. The standard InChI is InChI=1S/C12H24N2O3/c1-3-4-12(2,11(15)16)13-5-6-14-7-9-17-10-8-14/h13H,3-10H2,1-2H3,(H,15,16). The Bertz CT molecular complexity index is 242. The van der Waals surface area contributed by atoms with Crippen LogP contribution in [0.2, 0.25) is 0 Å². The smallest absolute Gasteiger partial charge is 0.323 e. The quantitative estimate of drug-likeness (QED) is 0.685. The van der Waals surface area contributed by atoms with E-state index in [1.54, 1.807) is 6.92 Å². The summed E-state index contributed by atoms with van der Waals surface area (Å²) in [7, 11) is 0. The van der Waals surface area contributed by atoms with Gasteiger partial charge in [-0.3, -0.25) is 9.69 Å². The third kappa shape index (κ3) is 4.61. The lowest BCUT2D eigenvalue weighted by molar-refractivity contribution is -0.144. The molecule has 1 fully saturated rings. The minimum absolute atomic E-state index is 0.658. The number of ether oxygens (including phenoxy) is 1. The Labute approximate surface area is 103 Å². The maximum atomic E-state index is 11.2. The van der Waals surface area contributed by atoms with Gasteiger partial charge in [0.1, 0.15) is 5.54 Å². The molecule has 0 saturated carbocycles. The predicted molar refractivity (Wildman–Crippen MR) is 66.2 cm³/mol. The maximum absolute atomic E-state index is 11.2. The molecule has 1 atom stereocenters. The summed E-state index contributed by atoms with van der Waals surface area (Å²) < 4.78 is 5.27. The van der Waals surface area contributed by atoms with E-state index in [0.717, 1.165) is 39.3 Å². The predicted octanol–water partition coefficient (Wildman–Crippen LogP) is 0.552. The average Bonchev–Trinajstić information content (AvgIpc) is 2.30. The van der Waals surface area contributed by atoms with E-state index in [9.17, 15) is 9.90 Å². The van der Waals surface area contributed by atoms with Gasteiger partial charge in [0.05, 0.1) is 13.2 Å². The van der Waals surface area contributed by atoms with Crippen molar-refractivity contribution in [3.8, 4) is 0 Å². The van der Waals surface area contributed by atoms with Crippen molar-refractivity contribution in [3.05, 3.63) is 0 Å². The topological polar surface area (TPSA) is 61.8 Å². The Kier molecular flexibility index (Phi) is 5.88. The number of carboxylic acid groups (broad SMARTS) is 1. The Morgan fingerprint density at radius 1 is 1.47 bits per heavy atom. The number of nitrogens with one attached hydrogen (secondary N) is 1. The summed E-state index contributed by atoms with van der Waals surface area (Å²) in [4.78, 5) is 13.5. The van der Waals surface area contributed by atoms with Gasteiger partial charge in [0, 0.05) is 26.2 Å². The van der Waals surface area contributed by atoms with Crippen LogP contribution in [-0.4, -0.2) is 60.9 Å². The van der Waals surface area contributed by atoms with Gasteiger partial charge in [0.15, 0.2) is 0 Å². The second-order valence-electron chi connectivity index (χ2n) is 4.77. The van der Waals surface area contributed by atoms with Crippen LogP contribution in [0, 0.1) is 0 Å². The molecule has 1 rings (SSSR count). The maximum Gasteiger partial charge on any atom is 0.323 e. The van der Waals surface area contributed by atoms with Gasteiger partial charge in [0.25, 0.3) is 0 Å². The van der Waals surface area contributed by atoms with Gasteiger partial charge in [-0.05, 0) is 13.3 Å². The molecule has 0 aliphatic carbocycles. The third-order valence-electron chi connectivity index (χ3n) is 3.27. The van der Waals surface area contributed by atoms with Crippen LogP contribution in [0.25, 0.3) is 0 Å². The zero-order chi connectivity index (χ0) is 12.7. The molecule has 0 aromatic heterocycles. The molecule has 5 nitrogen and oxygen atoms in total. The third-order valence-corrected chi connectivity index (χ3v) is 3.27. The molecular weight excluding hydrogens is 220 g/mol. The number of nitrogens with zero attached hydrogens (tertiary/aromatic N) is 1. The van der Waals surface area contributed by atoms with Gasteiger partial charge in [-0.1, -0.05) is 13.3 Å². The molecule has 5 heteroatoms. The highest BCUT2D eigenvalue weighted by atomic mass is 16.5. The fourth-order valence-corrected chi connectivity index (χ4v) is 2.09. The fourth-order valence-electron chi connectivity index (χ4n) is 2.09. The molecule has 1 unspecified atom stereocenters. The van der Waals surface area contributed by atoms with Crippen LogP contribution in [0.4, 0.5) is 0 Å². The van der Waals surface area contributed by atoms with Gasteiger partial charge in [0.2, 0.25) is 0 Å². The van der Waals surface area contributed by atoms with E-state index in [0.29, 0.717) is 13.0 Å². The van der Waals surface area contributed by atoms with E-state index in [-0.39, 0.29) is 0 Å². The van der Waals surface area contributed by atoms with Gasteiger partial charge >= 0.3 is 5.97 Å². The molecule has 1 heterocycles. The van der Waals surface area contributed by atoms with E-state index < -0.39 is 11.5 Å². The van der Waals surface area contributed by atoms with E-state index in [2.05, 4.69) is 10.2 Å². The highest BCUT2D eigenvalue weighted by molar-refractivity contribution is 5.78. The molecule has 0 aromatic carbocycles. The molecular formula is C12H24N2O3. The highest BCUT2D eigenvalue weighted by Crippen LogP contribution is 2.12. The summed E-state index contributed by atoms with van der Waals surface area (Å²) in [6.45, 7) is 8.82. The Morgan fingerprint density at radius 2 is 2.12 bits per heavy atom. The first-order valence-electron chi connectivity index (χ1n) is 6.37.